The largest absolute Gasteiger partial charge is 0.316 e. The van der Waals surface area contributed by atoms with E-state index in [1.54, 1.807) is 4.57 Å². The Labute approximate surface area is 194 Å². The number of nitriles is 1. The lowest BCUT2D eigenvalue weighted by atomic mass is 9.96. The van der Waals surface area contributed by atoms with Gasteiger partial charge in [-0.15, -0.1) is 11.3 Å². The molecule has 5 rings (SSSR count). The zero-order chi connectivity index (χ0) is 22.1. The van der Waals surface area contributed by atoms with Crippen LogP contribution >= 0.6 is 23.1 Å². The number of carbonyl (C=O) groups is 1. The van der Waals surface area contributed by atoms with Gasteiger partial charge in [0.15, 0.2) is 5.16 Å². The molecule has 1 N–H and O–H groups in total. The first kappa shape index (κ1) is 21.2. The molecule has 2 heterocycles. The van der Waals surface area contributed by atoms with Crippen molar-refractivity contribution in [3.05, 3.63) is 50.6 Å². The Bertz CT molecular complexity index is 1280. The molecule has 0 spiro atoms. The quantitative estimate of drug-likeness (QED) is 0.421. The molecule has 0 bridgehead atoms. The molecule has 0 aliphatic heterocycles. The van der Waals surface area contributed by atoms with Gasteiger partial charge in [0.2, 0.25) is 5.91 Å². The molecule has 8 heteroatoms. The number of nitrogens with zero attached hydrogens (tertiary/aromatic N) is 3. The standard InChI is InChI=1S/C24H24N4O2S2/c25-13-18-16-9-4-6-12-20(16)32-22(18)27-21(29)14-31-24-26-19-11-5-3-10-17(19)23(30)28(24)15-7-1-2-8-15/h3,5,10-11,15H,1-2,4,6-9,12,14H2,(H,27,29). The van der Waals surface area contributed by atoms with Crippen LogP contribution in [0.4, 0.5) is 5.00 Å². The van der Waals surface area contributed by atoms with Gasteiger partial charge in [-0.2, -0.15) is 5.26 Å². The van der Waals surface area contributed by atoms with Crippen molar-refractivity contribution in [3.63, 3.8) is 0 Å². The topological polar surface area (TPSA) is 87.8 Å². The summed E-state index contributed by atoms with van der Waals surface area (Å²) in [4.78, 5) is 32.0. The molecule has 1 aromatic carbocycles. The summed E-state index contributed by atoms with van der Waals surface area (Å²) in [5, 5.41) is 14.5. The minimum absolute atomic E-state index is 0.0249. The molecule has 32 heavy (non-hydrogen) atoms. The summed E-state index contributed by atoms with van der Waals surface area (Å²) in [6.45, 7) is 0. The SMILES string of the molecule is N#Cc1c(NC(=O)CSc2nc3ccccc3c(=O)n2C2CCCC2)sc2c1CCCC2. The van der Waals surface area contributed by atoms with Crippen molar-refractivity contribution in [2.75, 3.05) is 11.1 Å². The van der Waals surface area contributed by atoms with Crippen molar-refractivity contribution in [2.45, 2.75) is 62.6 Å². The van der Waals surface area contributed by atoms with Crippen molar-refractivity contribution >= 4 is 44.9 Å². The van der Waals surface area contributed by atoms with Crippen molar-refractivity contribution in [1.82, 2.24) is 9.55 Å². The summed E-state index contributed by atoms with van der Waals surface area (Å²) < 4.78 is 1.80. The smallest absolute Gasteiger partial charge is 0.262 e. The number of carbonyl (C=O) groups excluding carboxylic acids is 1. The fraction of sp³-hybridized carbons (Fsp3) is 0.417. The highest BCUT2D eigenvalue weighted by Gasteiger charge is 2.25. The predicted molar refractivity (Wildman–Crippen MR) is 129 cm³/mol. The molecule has 1 amide bonds. The first-order valence-electron chi connectivity index (χ1n) is 11.1. The lowest BCUT2D eigenvalue weighted by Gasteiger charge is -2.18. The van der Waals surface area contributed by atoms with Crippen LogP contribution in [0.5, 0.6) is 0 Å². The number of amides is 1. The molecule has 1 fully saturated rings. The third kappa shape index (κ3) is 3.96. The third-order valence-electron chi connectivity index (χ3n) is 6.33. The maximum absolute atomic E-state index is 13.2. The summed E-state index contributed by atoms with van der Waals surface area (Å²) in [7, 11) is 0. The van der Waals surface area contributed by atoms with E-state index in [9.17, 15) is 14.9 Å². The van der Waals surface area contributed by atoms with E-state index in [1.807, 2.05) is 24.3 Å². The third-order valence-corrected chi connectivity index (χ3v) is 8.49. The second-order valence-electron chi connectivity index (χ2n) is 8.39. The molecule has 0 atom stereocenters. The Hall–Kier alpha value is -2.63. The van der Waals surface area contributed by atoms with Crippen LogP contribution in [0.25, 0.3) is 10.9 Å². The van der Waals surface area contributed by atoms with Crippen molar-refractivity contribution in [1.29, 1.82) is 5.26 Å². The lowest BCUT2D eigenvalue weighted by molar-refractivity contribution is -0.113. The molecule has 2 aliphatic rings. The molecule has 0 unspecified atom stereocenters. The minimum atomic E-state index is -0.175. The molecule has 3 aromatic rings. The van der Waals surface area contributed by atoms with E-state index in [-0.39, 0.29) is 23.3 Å². The van der Waals surface area contributed by atoms with Crippen molar-refractivity contribution < 1.29 is 4.79 Å². The Balaban J connectivity index is 1.39. The summed E-state index contributed by atoms with van der Waals surface area (Å²) in [5.74, 6) is -0.0317. The second-order valence-corrected chi connectivity index (χ2v) is 10.4. The van der Waals surface area contributed by atoms with Crippen LogP contribution < -0.4 is 10.9 Å². The van der Waals surface area contributed by atoms with Gasteiger partial charge in [-0.1, -0.05) is 36.7 Å². The van der Waals surface area contributed by atoms with Gasteiger partial charge in [-0.25, -0.2) is 4.98 Å². The number of para-hydroxylation sites is 1. The highest BCUT2D eigenvalue weighted by molar-refractivity contribution is 7.99. The average Bonchev–Trinajstić information content (AvgIpc) is 3.45. The lowest BCUT2D eigenvalue weighted by Crippen LogP contribution is -2.27. The van der Waals surface area contributed by atoms with Gasteiger partial charge in [0, 0.05) is 10.9 Å². The number of anilines is 1. The monoisotopic (exact) mass is 464 g/mol. The summed E-state index contributed by atoms with van der Waals surface area (Å²) >= 11 is 2.83. The van der Waals surface area contributed by atoms with E-state index >= 15 is 0 Å². The number of aromatic nitrogens is 2. The zero-order valence-electron chi connectivity index (χ0n) is 17.7. The first-order valence-corrected chi connectivity index (χ1v) is 12.9. The van der Waals surface area contributed by atoms with Crippen LogP contribution in [0.15, 0.2) is 34.2 Å². The van der Waals surface area contributed by atoms with Gasteiger partial charge >= 0.3 is 0 Å². The average molecular weight is 465 g/mol. The summed E-state index contributed by atoms with van der Waals surface area (Å²) in [5.41, 5.74) is 2.36. The normalized spacial score (nSPS) is 16.1. The van der Waals surface area contributed by atoms with Crippen molar-refractivity contribution in [3.8, 4) is 6.07 Å². The number of nitrogens with one attached hydrogen (secondary N) is 1. The Morgan fingerprint density at radius 2 is 2.00 bits per heavy atom. The zero-order valence-corrected chi connectivity index (χ0v) is 19.4. The van der Waals surface area contributed by atoms with Crippen LogP contribution in [0, 0.1) is 11.3 Å². The maximum Gasteiger partial charge on any atom is 0.262 e. The molecule has 2 aliphatic carbocycles. The number of benzene rings is 1. The molecular weight excluding hydrogens is 440 g/mol. The van der Waals surface area contributed by atoms with Gasteiger partial charge in [0.05, 0.1) is 22.2 Å². The molecule has 0 saturated heterocycles. The van der Waals surface area contributed by atoms with E-state index in [1.165, 1.54) is 28.0 Å². The summed E-state index contributed by atoms with van der Waals surface area (Å²) in [6, 6.07) is 9.82. The van der Waals surface area contributed by atoms with Crippen molar-refractivity contribution in [2.24, 2.45) is 0 Å². The molecule has 164 valence electrons. The number of thiophene rings is 1. The Morgan fingerprint density at radius 3 is 2.81 bits per heavy atom. The van der Waals surface area contributed by atoms with Gasteiger partial charge in [0.1, 0.15) is 11.1 Å². The van der Waals surface area contributed by atoms with E-state index in [4.69, 9.17) is 4.98 Å². The van der Waals surface area contributed by atoms with E-state index < -0.39 is 0 Å². The number of hydrogen-bond acceptors (Lipinski definition) is 6. The maximum atomic E-state index is 13.2. The molecule has 1 saturated carbocycles. The van der Waals surface area contributed by atoms with Gasteiger partial charge in [-0.3, -0.25) is 14.2 Å². The molecule has 6 nitrogen and oxygen atoms in total. The van der Waals surface area contributed by atoms with Gasteiger partial charge in [0.25, 0.3) is 5.56 Å². The molecular formula is C24H24N4O2S2. The highest BCUT2D eigenvalue weighted by Crippen LogP contribution is 2.38. The van der Waals surface area contributed by atoms with Gasteiger partial charge in [-0.05, 0) is 56.2 Å². The molecule has 2 aromatic heterocycles. The molecule has 0 radical (unpaired) electrons. The Kier molecular flexibility index (Phi) is 6.03. The minimum Gasteiger partial charge on any atom is -0.316 e. The fourth-order valence-corrected chi connectivity index (χ4v) is 6.90. The van der Waals surface area contributed by atoms with E-state index in [0.717, 1.165) is 56.9 Å². The number of fused-ring (bicyclic) bond motifs is 2. The number of thioether (sulfide) groups is 1. The second kappa shape index (κ2) is 9.08. The van der Waals surface area contributed by atoms with E-state index in [0.29, 0.717) is 26.6 Å². The van der Waals surface area contributed by atoms with Crippen LogP contribution in [-0.2, 0) is 17.6 Å². The van der Waals surface area contributed by atoms with Crippen LogP contribution in [0.2, 0.25) is 0 Å². The highest BCUT2D eigenvalue weighted by atomic mass is 32.2. The first-order chi connectivity index (χ1) is 15.7. The fourth-order valence-electron chi connectivity index (χ4n) is 4.78. The van der Waals surface area contributed by atoms with Crippen LogP contribution in [-0.4, -0.2) is 21.2 Å². The predicted octanol–water partition coefficient (Wildman–Crippen LogP) is 5.05. The number of hydrogen-bond donors (Lipinski definition) is 1. The van der Waals surface area contributed by atoms with Crippen LogP contribution in [0.1, 0.15) is 60.6 Å². The van der Waals surface area contributed by atoms with Crippen LogP contribution in [0.3, 0.4) is 0 Å². The number of rotatable bonds is 5. The van der Waals surface area contributed by atoms with E-state index in [2.05, 4.69) is 11.4 Å². The van der Waals surface area contributed by atoms with Gasteiger partial charge < -0.3 is 5.32 Å². The summed E-state index contributed by atoms with van der Waals surface area (Å²) in [6.07, 6.45) is 8.25. The number of aryl methyl sites for hydroxylation is 1. The Morgan fingerprint density at radius 1 is 1.22 bits per heavy atom.